The van der Waals surface area contributed by atoms with E-state index in [4.69, 9.17) is 21.3 Å². The van der Waals surface area contributed by atoms with Crippen molar-refractivity contribution in [3.8, 4) is 11.3 Å². The zero-order valence-electron chi connectivity index (χ0n) is 12.4. The molecule has 0 N–H and O–H groups in total. The van der Waals surface area contributed by atoms with Crippen molar-refractivity contribution in [2.24, 2.45) is 0 Å². The number of hydrogen-bond donors (Lipinski definition) is 0. The Balaban J connectivity index is 2.14. The number of methoxy groups -OCH3 is 1. The van der Waals surface area contributed by atoms with Gasteiger partial charge in [-0.15, -0.1) is 0 Å². The third kappa shape index (κ3) is 2.56. The third-order valence-electron chi connectivity index (χ3n) is 4.34. The highest BCUT2D eigenvalue weighted by Crippen LogP contribution is 2.41. The molecule has 0 saturated heterocycles. The lowest BCUT2D eigenvalue weighted by Gasteiger charge is -2.26. The van der Waals surface area contributed by atoms with Gasteiger partial charge < -0.3 is 4.74 Å². The van der Waals surface area contributed by atoms with E-state index < -0.39 is 0 Å². The highest BCUT2D eigenvalue weighted by molar-refractivity contribution is 6.30. The van der Waals surface area contributed by atoms with Crippen molar-refractivity contribution in [3.05, 3.63) is 46.9 Å². The van der Waals surface area contributed by atoms with Gasteiger partial charge in [0.25, 0.3) is 0 Å². The van der Waals surface area contributed by atoms with Gasteiger partial charge in [-0.05, 0) is 32.6 Å². The first-order valence-corrected chi connectivity index (χ1v) is 7.69. The Morgan fingerprint density at radius 3 is 2.38 bits per heavy atom. The van der Waals surface area contributed by atoms with Crippen LogP contribution in [0.4, 0.5) is 0 Å². The van der Waals surface area contributed by atoms with E-state index in [1.54, 1.807) is 7.11 Å². The van der Waals surface area contributed by atoms with Crippen molar-refractivity contribution in [2.45, 2.75) is 38.2 Å². The van der Waals surface area contributed by atoms with Gasteiger partial charge in [-0.2, -0.15) is 0 Å². The normalized spacial score (nSPS) is 17.1. The van der Waals surface area contributed by atoms with Gasteiger partial charge in [0.2, 0.25) is 0 Å². The number of rotatable bonds is 3. The Labute approximate surface area is 130 Å². The molecule has 0 radical (unpaired) electrons. The number of aromatic nitrogens is 2. The summed E-state index contributed by atoms with van der Waals surface area (Å²) in [5.74, 6) is 0.719. The fraction of sp³-hybridized carbons (Fsp3) is 0.412. The van der Waals surface area contributed by atoms with Gasteiger partial charge in [-0.1, -0.05) is 41.9 Å². The van der Waals surface area contributed by atoms with Crippen LogP contribution in [-0.2, 0) is 10.3 Å². The number of benzene rings is 1. The molecule has 1 aliphatic rings. The second-order valence-corrected chi connectivity index (χ2v) is 5.94. The molecular formula is C17H19ClN2O. The van der Waals surface area contributed by atoms with Crippen LogP contribution in [0.5, 0.6) is 0 Å². The Hall–Kier alpha value is -1.45. The molecule has 3 nitrogen and oxygen atoms in total. The molecule has 3 rings (SSSR count). The molecule has 0 bridgehead atoms. The quantitative estimate of drug-likeness (QED) is 0.782. The second-order valence-electron chi connectivity index (χ2n) is 5.58. The molecule has 0 atom stereocenters. The van der Waals surface area contributed by atoms with E-state index in [0.29, 0.717) is 5.15 Å². The fourth-order valence-electron chi connectivity index (χ4n) is 3.04. The van der Waals surface area contributed by atoms with E-state index >= 15 is 0 Å². The van der Waals surface area contributed by atoms with Gasteiger partial charge >= 0.3 is 0 Å². The maximum atomic E-state index is 6.36. The van der Waals surface area contributed by atoms with Crippen LogP contribution in [0, 0.1) is 6.92 Å². The lowest BCUT2D eigenvalue weighted by Crippen LogP contribution is -2.27. The van der Waals surface area contributed by atoms with E-state index in [-0.39, 0.29) is 5.60 Å². The topological polar surface area (TPSA) is 35.0 Å². The highest BCUT2D eigenvalue weighted by Gasteiger charge is 2.39. The Bertz CT molecular complexity index is 637. The van der Waals surface area contributed by atoms with E-state index in [1.165, 1.54) is 0 Å². The molecular weight excluding hydrogens is 284 g/mol. The first kappa shape index (κ1) is 14.5. The number of ether oxygens (including phenoxy) is 1. The summed E-state index contributed by atoms with van der Waals surface area (Å²) in [4.78, 5) is 9.32. The summed E-state index contributed by atoms with van der Waals surface area (Å²) in [5, 5.41) is 0.516. The zero-order valence-corrected chi connectivity index (χ0v) is 13.2. The third-order valence-corrected chi connectivity index (χ3v) is 4.71. The fourth-order valence-corrected chi connectivity index (χ4v) is 3.20. The van der Waals surface area contributed by atoms with Crippen LogP contribution >= 0.6 is 11.6 Å². The molecule has 0 aliphatic heterocycles. The van der Waals surface area contributed by atoms with Crippen molar-refractivity contribution in [2.75, 3.05) is 7.11 Å². The maximum absolute atomic E-state index is 6.36. The highest BCUT2D eigenvalue weighted by atomic mass is 35.5. The summed E-state index contributed by atoms with van der Waals surface area (Å²) in [5.41, 5.74) is 2.50. The minimum atomic E-state index is -0.374. The first-order chi connectivity index (χ1) is 10.2. The van der Waals surface area contributed by atoms with Crippen LogP contribution in [0.25, 0.3) is 11.3 Å². The summed E-state index contributed by atoms with van der Waals surface area (Å²) in [7, 11) is 1.74. The summed E-state index contributed by atoms with van der Waals surface area (Å²) in [6.07, 6.45) is 4.20. The lowest BCUT2D eigenvalue weighted by atomic mass is 10.00. The van der Waals surface area contributed by atoms with Crippen molar-refractivity contribution in [1.29, 1.82) is 0 Å². The van der Waals surface area contributed by atoms with Gasteiger partial charge in [0.15, 0.2) is 5.82 Å². The number of hydrogen-bond acceptors (Lipinski definition) is 3. The summed E-state index contributed by atoms with van der Waals surface area (Å²) in [6, 6.07) is 10.1. The largest absolute Gasteiger partial charge is 0.370 e. The number of nitrogens with zero attached hydrogens (tertiary/aromatic N) is 2. The Kier molecular flexibility index (Phi) is 3.96. The summed E-state index contributed by atoms with van der Waals surface area (Å²) >= 11 is 6.36. The molecule has 0 amide bonds. The molecule has 110 valence electrons. The monoisotopic (exact) mass is 302 g/mol. The van der Waals surface area contributed by atoms with Crippen LogP contribution in [0.2, 0.25) is 5.15 Å². The van der Waals surface area contributed by atoms with Crippen molar-refractivity contribution in [3.63, 3.8) is 0 Å². The second kappa shape index (κ2) is 5.74. The first-order valence-electron chi connectivity index (χ1n) is 7.31. The lowest BCUT2D eigenvalue weighted by molar-refractivity contribution is -0.0162. The van der Waals surface area contributed by atoms with E-state index in [2.05, 4.69) is 4.98 Å². The van der Waals surface area contributed by atoms with Crippen LogP contribution in [0.1, 0.15) is 37.1 Å². The van der Waals surface area contributed by atoms with Crippen LogP contribution < -0.4 is 0 Å². The van der Waals surface area contributed by atoms with E-state index in [9.17, 15) is 0 Å². The van der Waals surface area contributed by atoms with Gasteiger partial charge in [-0.25, -0.2) is 9.97 Å². The molecule has 0 spiro atoms. The van der Waals surface area contributed by atoms with Crippen LogP contribution in [-0.4, -0.2) is 17.1 Å². The molecule has 1 aromatic carbocycles. The van der Waals surface area contributed by atoms with Crippen LogP contribution in [0.15, 0.2) is 30.3 Å². The predicted octanol–water partition coefficient (Wildman–Crippen LogP) is 4.52. The van der Waals surface area contributed by atoms with Gasteiger partial charge in [0.1, 0.15) is 10.8 Å². The van der Waals surface area contributed by atoms with Crippen molar-refractivity contribution >= 4 is 11.6 Å². The zero-order chi connectivity index (χ0) is 14.9. The molecule has 2 aromatic rings. The average molecular weight is 303 g/mol. The minimum Gasteiger partial charge on any atom is -0.370 e. The Morgan fingerprint density at radius 1 is 1.10 bits per heavy atom. The predicted molar refractivity (Wildman–Crippen MR) is 84.4 cm³/mol. The van der Waals surface area contributed by atoms with Crippen molar-refractivity contribution < 1.29 is 4.74 Å². The van der Waals surface area contributed by atoms with Crippen molar-refractivity contribution in [1.82, 2.24) is 9.97 Å². The molecule has 21 heavy (non-hydrogen) atoms. The molecule has 4 heteroatoms. The Morgan fingerprint density at radius 2 is 1.76 bits per heavy atom. The van der Waals surface area contributed by atoms with Gasteiger partial charge in [0, 0.05) is 18.2 Å². The van der Waals surface area contributed by atoms with Gasteiger partial charge in [0.05, 0.1) is 5.69 Å². The van der Waals surface area contributed by atoms with Crippen LogP contribution in [0.3, 0.4) is 0 Å². The smallest absolute Gasteiger partial charge is 0.162 e. The number of halogens is 1. The molecule has 1 heterocycles. The summed E-state index contributed by atoms with van der Waals surface area (Å²) < 4.78 is 5.79. The van der Waals surface area contributed by atoms with E-state index in [1.807, 2.05) is 37.3 Å². The SMILES string of the molecule is COC1(c2nc(Cl)c(C)c(-c3ccccc3)n2)CCCC1. The molecule has 0 unspecified atom stereocenters. The molecule has 1 fully saturated rings. The molecule has 1 aromatic heterocycles. The average Bonchev–Trinajstić information content (AvgIpc) is 3.01. The standard InChI is InChI=1S/C17H19ClN2O/c1-12-14(13-8-4-3-5-9-13)19-16(20-15(12)18)17(21-2)10-6-7-11-17/h3-5,8-9H,6-7,10-11H2,1-2H3. The summed E-state index contributed by atoms with van der Waals surface area (Å²) in [6.45, 7) is 1.96. The maximum Gasteiger partial charge on any atom is 0.162 e. The molecule has 1 saturated carbocycles. The minimum absolute atomic E-state index is 0.374. The van der Waals surface area contributed by atoms with E-state index in [0.717, 1.165) is 48.3 Å². The van der Waals surface area contributed by atoms with Gasteiger partial charge in [-0.3, -0.25) is 0 Å². The molecule has 1 aliphatic carbocycles.